The summed E-state index contributed by atoms with van der Waals surface area (Å²) in [6.07, 6.45) is 1.33. The first kappa shape index (κ1) is 24.1. The van der Waals surface area contributed by atoms with Crippen molar-refractivity contribution in [3.8, 4) is 11.5 Å². The van der Waals surface area contributed by atoms with Crippen LogP contribution in [0.3, 0.4) is 0 Å². The van der Waals surface area contributed by atoms with Gasteiger partial charge in [0.15, 0.2) is 0 Å². The first-order chi connectivity index (χ1) is 16.8. The number of carbonyl (C=O) groups excluding carboxylic acids is 2. The number of nitrogens with zero attached hydrogens (tertiary/aromatic N) is 1. The zero-order valence-corrected chi connectivity index (χ0v) is 20.1. The molecule has 1 aliphatic rings. The summed E-state index contributed by atoms with van der Waals surface area (Å²) in [5, 5.41) is 2.71. The molecule has 1 saturated heterocycles. The van der Waals surface area contributed by atoms with Gasteiger partial charge in [-0.15, -0.1) is 0 Å². The Labute approximate surface area is 203 Å². The van der Waals surface area contributed by atoms with E-state index in [4.69, 9.17) is 9.47 Å². The van der Waals surface area contributed by atoms with Crippen molar-refractivity contribution in [3.05, 3.63) is 72.3 Å². The molecule has 35 heavy (non-hydrogen) atoms. The number of hydrogen-bond donors (Lipinski definition) is 2. The topological polar surface area (TPSA) is 114 Å². The molecule has 2 N–H and O–H groups in total. The summed E-state index contributed by atoms with van der Waals surface area (Å²) >= 11 is 0. The molecule has 2 amide bonds. The van der Waals surface area contributed by atoms with Crippen LogP contribution in [0.15, 0.2) is 71.6 Å². The zero-order valence-electron chi connectivity index (χ0n) is 19.3. The maximum Gasteiger partial charge on any atom is 0.262 e. The van der Waals surface area contributed by atoms with E-state index in [2.05, 4.69) is 10.0 Å². The molecule has 0 unspecified atom stereocenters. The number of nitrogens with one attached hydrogen (secondary N) is 2. The smallest absolute Gasteiger partial charge is 0.262 e. The van der Waals surface area contributed by atoms with Crippen LogP contribution >= 0.6 is 0 Å². The molecule has 1 fully saturated rings. The average molecular weight is 496 g/mol. The minimum absolute atomic E-state index is 0.0618. The number of benzene rings is 3. The van der Waals surface area contributed by atoms with Crippen LogP contribution in [0, 0.1) is 0 Å². The summed E-state index contributed by atoms with van der Waals surface area (Å²) in [5.74, 6) is 0.285. The second-order valence-corrected chi connectivity index (χ2v) is 9.50. The van der Waals surface area contributed by atoms with Gasteiger partial charge in [-0.05, 0) is 61.0 Å². The maximum atomic E-state index is 13.0. The molecule has 3 aromatic carbocycles. The zero-order chi connectivity index (χ0) is 25.0. The number of anilines is 3. The number of carbonyl (C=O) groups is 2. The number of ether oxygens (including phenoxy) is 2. The van der Waals surface area contributed by atoms with Crippen LogP contribution in [0.5, 0.6) is 11.5 Å². The lowest BCUT2D eigenvalue weighted by molar-refractivity contribution is -0.117. The highest BCUT2D eigenvalue weighted by Crippen LogP contribution is 2.31. The van der Waals surface area contributed by atoms with Crippen molar-refractivity contribution in [2.45, 2.75) is 17.7 Å². The third-order valence-corrected chi connectivity index (χ3v) is 6.96. The highest BCUT2D eigenvalue weighted by molar-refractivity contribution is 7.92. The number of methoxy groups -OCH3 is 2. The van der Waals surface area contributed by atoms with E-state index in [0.29, 0.717) is 30.0 Å². The summed E-state index contributed by atoms with van der Waals surface area (Å²) in [7, 11) is -1.12. The van der Waals surface area contributed by atoms with Gasteiger partial charge in [0.2, 0.25) is 5.91 Å². The van der Waals surface area contributed by atoms with Gasteiger partial charge in [-0.2, -0.15) is 0 Å². The molecular formula is C25H25N3O6S. The molecule has 0 radical (unpaired) electrons. The van der Waals surface area contributed by atoms with Crippen LogP contribution in [0.2, 0.25) is 0 Å². The summed E-state index contributed by atoms with van der Waals surface area (Å²) in [4.78, 5) is 26.4. The van der Waals surface area contributed by atoms with Gasteiger partial charge in [-0.3, -0.25) is 14.3 Å². The summed E-state index contributed by atoms with van der Waals surface area (Å²) in [6, 6.07) is 17.5. The number of hydrogen-bond acceptors (Lipinski definition) is 6. The Morgan fingerprint density at radius 1 is 0.914 bits per heavy atom. The van der Waals surface area contributed by atoms with Gasteiger partial charge >= 0.3 is 0 Å². The molecule has 3 aromatic rings. The monoisotopic (exact) mass is 495 g/mol. The van der Waals surface area contributed by atoms with Gasteiger partial charge in [-0.25, -0.2) is 8.42 Å². The number of rotatable bonds is 8. The van der Waals surface area contributed by atoms with Crippen molar-refractivity contribution >= 4 is 38.9 Å². The van der Waals surface area contributed by atoms with E-state index in [-0.39, 0.29) is 22.2 Å². The minimum atomic E-state index is -3.99. The Hall–Kier alpha value is -4.05. The molecule has 9 nitrogen and oxygen atoms in total. The quantitative estimate of drug-likeness (QED) is 0.490. The van der Waals surface area contributed by atoms with Gasteiger partial charge in [0.05, 0.1) is 30.5 Å². The van der Waals surface area contributed by atoms with Crippen molar-refractivity contribution in [2.75, 3.05) is 35.7 Å². The van der Waals surface area contributed by atoms with Gasteiger partial charge in [0, 0.05) is 24.2 Å². The highest BCUT2D eigenvalue weighted by Gasteiger charge is 2.22. The Morgan fingerprint density at radius 2 is 1.60 bits per heavy atom. The minimum Gasteiger partial charge on any atom is -0.495 e. The molecule has 0 spiro atoms. The molecule has 1 heterocycles. The van der Waals surface area contributed by atoms with Gasteiger partial charge in [0.1, 0.15) is 11.5 Å². The highest BCUT2D eigenvalue weighted by atomic mass is 32.2. The van der Waals surface area contributed by atoms with E-state index in [1.54, 1.807) is 53.4 Å². The molecule has 0 atom stereocenters. The Kier molecular flexibility index (Phi) is 6.92. The van der Waals surface area contributed by atoms with E-state index >= 15 is 0 Å². The second kappa shape index (κ2) is 10.1. The average Bonchev–Trinajstić information content (AvgIpc) is 3.30. The molecule has 0 aliphatic carbocycles. The van der Waals surface area contributed by atoms with Crippen molar-refractivity contribution < 1.29 is 27.5 Å². The first-order valence-electron chi connectivity index (χ1n) is 10.9. The Morgan fingerprint density at radius 3 is 2.26 bits per heavy atom. The lowest BCUT2D eigenvalue weighted by Crippen LogP contribution is -2.23. The largest absolute Gasteiger partial charge is 0.495 e. The van der Waals surface area contributed by atoms with E-state index in [1.165, 1.54) is 32.4 Å². The predicted molar refractivity (Wildman–Crippen MR) is 133 cm³/mol. The summed E-state index contributed by atoms with van der Waals surface area (Å²) < 4.78 is 39.1. The standard InChI is InChI=1S/C25H25N3O6S/c1-33-22-7-4-3-6-20(22)27-35(31,32)19-13-14-23(34-2)21(16-19)26-25(30)17-9-11-18(12-10-17)28-15-5-8-24(28)29/h3-4,6-7,9-14,16,27H,5,8,15H2,1-2H3,(H,26,30). The maximum absolute atomic E-state index is 13.0. The fourth-order valence-corrected chi connectivity index (χ4v) is 4.89. The number of amides is 2. The second-order valence-electron chi connectivity index (χ2n) is 7.82. The predicted octanol–water partition coefficient (Wildman–Crippen LogP) is 3.88. The van der Waals surface area contributed by atoms with Crippen LogP contribution in [-0.4, -0.2) is 41.0 Å². The third kappa shape index (κ3) is 5.22. The van der Waals surface area contributed by atoms with E-state index in [0.717, 1.165) is 12.1 Å². The first-order valence-corrected chi connectivity index (χ1v) is 12.4. The van der Waals surface area contributed by atoms with E-state index in [9.17, 15) is 18.0 Å². The van der Waals surface area contributed by atoms with Crippen molar-refractivity contribution in [1.29, 1.82) is 0 Å². The molecule has 4 rings (SSSR count). The van der Waals surface area contributed by atoms with Crippen LogP contribution in [0.1, 0.15) is 23.2 Å². The molecular weight excluding hydrogens is 470 g/mol. The van der Waals surface area contributed by atoms with Gasteiger partial charge in [0.25, 0.3) is 15.9 Å². The number of para-hydroxylation sites is 2. The molecule has 182 valence electrons. The lowest BCUT2D eigenvalue weighted by Gasteiger charge is -2.16. The third-order valence-electron chi connectivity index (χ3n) is 5.60. The van der Waals surface area contributed by atoms with Crippen molar-refractivity contribution in [1.82, 2.24) is 0 Å². The van der Waals surface area contributed by atoms with E-state index < -0.39 is 15.9 Å². The summed E-state index contributed by atoms with van der Waals surface area (Å²) in [5.41, 5.74) is 1.56. The molecule has 0 bridgehead atoms. The van der Waals surface area contributed by atoms with Gasteiger partial charge < -0.3 is 19.7 Å². The summed E-state index contributed by atoms with van der Waals surface area (Å²) in [6.45, 7) is 0.658. The Balaban J connectivity index is 1.56. The van der Waals surface area contributed by atoms with E-state index in [1.807, 2.05) is 0 Å². The fraction of sp³-hybridized carbons (Fsp3) is 0.200. The van der Waals surface area contributed by atoms with Crippen molar-refractivity contribution in [3.63, 3.8) is 0 Å². The fourth-order valence-electron chi connectivity index (χ4n) is 3.79. The van der Waals surface area contributed by atoms with Crippen LogP contribution in [0.4, 0.5) is 17.1 Å². The SMILES string of the molecule is COc1ccc(S(=O)(=O)Nc2ccccc2OC)cc1NC(=O)c1ccc(N2CCCC2=O)cc1. The Bertz CT molecular complexity index is 1360. The molecule has 0 aromatic heterocycles. The lowest BCUT2D eigenvalue weighted by atomic mass is 10.1. The molecule has 1 aliphatic heterocycles. The molecule has 10 heteroatoms. The van der Waals surface area contributed by atoms with Gasteiger partial charge in [-0.1, -0.05) is 12.1 Å². The number of sulfonamides is 1. The van der Waals surface area contributed by atoms with Crippen LogP contribution in [-0.2, 0) is 14.8 Å². The van der Waals surface area contributed by atoms with Crippen molar-refractivity contribution in [2.24, 2.45) is 0 Å². The molecule has 0 saturated carbocycles. The van der Waals surface area contributed by atoms with Crippen LogP contribution in [0.25, 0.3) is 0 Å². The normalized spacial score (nSPS) is 13.4. The van der Waals surface area contributed by atoms with Crippen LogP contribution < -0.4 is 24.4 Å².